The summed E-state index contributed by atoms with van der Waals surface area (Å²) >= 11 is 6.03. The quantitative estimate of drug-likeness (QED) is 0.733. The van der Waals surface area contributed by atoms with Crippen LogP contribution in [-0.2, 0) is 18.0 Å². The molecule has 3 heteroatoms. The maximum Gasteiger partial charge on any atom is 0.0705 e. The van der Waals surface area contributed by atoms with Crippen LogP contribution in [0.2, 0.25) is 0 Å². The molecular formula is C16H22NPS. The van der Waals surface area contributed by atoms with Crippen LogP contribution in [-0.4, -0.2) is 16.3 Å². The highest BCUT2D eigenvalue weighted by atomic mass is 32.4. The lowest BCUT2D eigenvalue weighted by Crippen LogP contribution is -2.10. The van der Waals surface area contributed by atoms with Crippen molar-refractivity contribution in [3.63, 3.8) is 0 Å². The van der Waals surface area contributed by atoms with Crippen LogP contribution < -0.4 is 0 Å². The molecule has 0 saturated heterocycles. The van der Waals surface area contributed by atoms with Gasteiger partial charge >= 0.3 is 0 Å². The van der Waals surface area contributed by atoms with Gasteiger partial charge in [-0.25, -0.2) is 0 Å². The van der Waals surface area contributed by atoms with Gasteiger partial charge in [0.15, 0.2) is 0 Å². The lowest BCUT2D eigenvalue weighted by atomic mass is 10.2. The summed E-state index contributed by atoms with van der Waals surface area (Å²) in [6, 6.07) is 11.2. The molecule has 0 aliphatic heterocycles. The molecule has 1 aromatic heterocycles. The van der Waals surface area contributed by atoms with Crippen molar-refractivity contribution in [3.8, 4) is 0 Å². The summed E-state index contributed by atoms with van der Waals surface area (Å²) in [5.41, 5.74) is 3.39. The first-order chi connectivity index (χ1) is 8.93. The fourth-order valence-corrected chi connectivity index (χ4v) is 5.41. The fraction of sp³-hybridized carbons (Fsp3) is 0.438. The Kier molecular flexibility index (Phi) is 4.43. The van der Waals surface area contributed by atoms with Crippen LogP contribution >= 0.6 is 6.04 Å². The van der Waals surface area contributed by atoms with E-state index in [4.69, 9.17) is 16.8 Å². The first kappa shape index (κ1) is 14.7. The zero-order valence-electron chi connectivity index (χ0n) is 12.1. The predicted molar refractivity (Wildman–Crippen MR) is 90.0 cm³/mol. The third-order valence-corrected chi connectivity index (χ3v) is 11.0. The molecule has 0 amide bonds. The predicted octanol–water partition coefficient (Wildman–Crippen LogP) is 5.03. The van der Waals surface area contributed by atoms with Crippen LogP contribution in [0, 0.1) is 0 Å². The van der Waals surface area contributed by atoms with Gasteiger partial charge in [-0.05, 0) is 29.5 Å². The molecule has 0 N–H and O–H groups in total. The Balaban J connectivity index is 2.37. The van der Waals surface area contributed by atoms with Crippen molar-refractivity contribution in [3.05, 3.63) is 42.1 Å². The van der Waals surface area contributed by atoms with E-state index in [2.05, 4.69) is 58.0 Å². The normalized spacial score (nSPS) is 12.5. The maximum absolute atomic E-state index is 6.03. The smallest absolute Gasteiger partial charge is 0.0705 e. The van der Waals surface area contributed by atoms with Gasteiger partial charge in [-0.1, -0.05) is 63.8 Å². The summed E-state index contributed by atoms with van der Waals surface area (Å²) in [4.78, 5) is 4.79. The summed E-state index contributed by atoms with van der Waals surface area (Å²) in [5.74, 6) is 0. The molecule has 1 heterocycles. The van der Waals surface area contributed by atoms with Crippen molar-refractivity contribution in [1.82, 2.24) is 4.98 Å². The Hall–Kier alpha value is -0.720. The van der Waals surface area contributed by atoms with E-state index in [1.54, 1.807) is 0 Å². The summed E-state index contributed by atoms with van der Waals surface area (Å²) < 4.78 is 0. The molecule has 0 fully saturated rings. The van der Waals surface area contributed by atoms with Crippen LogP contribution in [0.5, 0.6) is 0 Å². The number of nitrogens with zero attached hydrogens (tertiary/aromatic N) is 1. The third kappa shape index (κ3) is 3.07. The summed E-state index contributed by atoms with van der Waals surface area (Å²) in [6.45, 7) is 9.06. The zero-order valence-corrected chi connectivity index (χ0v) is 13.8. The highest BCUT2D eigenvalue weighted by Crippen LogP contribution is 2.57. The molecule has 0 radical (unpaired) electrons. The second kappa shape index (κ2) is 5.73. The number of fused-ring (bicyclic) bond motifs is 1. The van der Waals surface area contributed by atoms with E-state index in [0.717, 1.165) is 17.4 Å². The average molecular weight is 291 g/mol. The standard InChI is InChI=1S/C16H22NPS/c1-12(2)18(19,13(3)4)11-15-10-9-14-7-5-6-8-16(14)17-15/h5-10,12-13H,11H2,1-4H3. The summed E-state index contributed by atoms with van der Waals surface area (Å²) in [5, 5.41) is 1.20. The van der Waals surface area contributed by atoms with Crippen LogP contribution in [0.25, 0.3) is 10.9 Å². The van der Waals surface area contributed by atoms with Gasteiger partial charge in [0, 0.05) is 17.2 Å². The second-order valence-electron chi connectivity index (χ2n) is 5.70. The van der Waals surface area contributed by atoms with Crippen LogP contribution in [0.3, 0.4) is 0 Å². The van der Waals surface area contributed by atoms with Gasteiger partial charge in [-0.3, -0.25) is 4.98 Å². The van der Waals surface area contributed by atoms with E-state index < -0.39 is 6.04 Å². The third-order valence-electron chi connectivity index (χ3n) is 3.81. The number of pyridine rings is 1. The molecule has 102 valence electrons. The molecular weight excluding hydrogens is 269 g/mol. The molecule has 0 aliphatic carbocycles. The van der Waals surface area contributed by atoms with Crippen LogP contribution in [0.1, 0.15) is 33.4 Å². The molecule has 0 atom stereocenters. The lowest BCUT2D eigenvalue weighted by Gasteiger charge is -2.30. The Bertz CT molecular complexity index is 607. The first-order valence-electron chi connectivity index (χ1n) is 6.86. The monoisotopic (exact) mass is 291 g/mol. The minimum absolute atomic E-state index is 0.579. The number of aromatic nitrogens is 1. The minimum atomic E-state index is -1.39. The Morgan fingerprint density at radius 2 is 1.63 bits per heavy atom. The largest absolute Gasteiger partial charge is 0.252 e. The number of para-hydroxylation sites is 1. The molecule has 0 aliphatic rings. The zero-order chi connectivity index (χ0) is 14.0. The molecule has 0 bridgehead atoms. The van der Waals surface area contributed by atoms with Gasteiger partial charge in [0.1, 0.15) is 0 Å². The van der Waals surface area contributed by atoms with E-state index >= 15 is 0 Å². The number of hydrogen-bond donors (Lipinski definition) is 0. The van der Waals surface area contributed by atoms with Gasteiger partial charge in [0.2, 0.25) is 0 Å². The Morgan fingerprint density at radius 1 is 1.00 bits per heavy atom. The Labute approximate surface area is 121 Å². The molecule has 19 heavy (non-hydrogen) atoms. The molecule has 0 unspecified atom stereocenters. The topological polar surface area (TPSA) is 12.9 Å². The Morgan fingerprint density at radius 3 is 2.26 bits per heavy atom. The van der Waals surface area contributed by atoms with E-state index in [9.17, 15) is 0 Å². The van der Waals surface area contributed by atoms with E-state index in [1.165, 1.54) is 5.39 Å². The molecule has 0 saturated carbocycles. The molecule has 1 aromatic carbocycles. The minimum Gasteiger partial charge on any atom is -0.252 e. The van der Waals surface area contributed by atoms with Gasteiger partial charge in [0.25, 0.3) is 0 Å². The SMILES string of the molecule is CC(C)P(=S)(Cc1ccc2ccccc2n1)C(C)C. The molecule has 2 rings (SSSR count). The van der Waals surface area contributed by atoms with Gasteiger partial charge in [0.05, 0.1) is 5.52 Å². The van der Waals surface area contributed by atoms with E-state index in [1.807, 2.05) is 6.07 Å². The summed E-state index contributed by atoms with van der Waals surface area (Å²) in [7, 11) is 0. The van der Waals surface area contributed by atoms with Crippen molar-refractivity contribution < 1.29 is 0 Å². The molecule has 2 aromatic rings. The van der Waals surface area contributed by atoms with Crippen molar-refractivity contribution in [2.24, 2.45) is 0 Å². The van der Waals surface area contributed by atoms with Crippen LogP contribution in [0.15, 0.2) is 36.4 Å². The second-order valence-corrected chi connectivity index (χ2v) is 11.8. The number of rotatable bonds is 4. The van der Waals surface area contributed by atoms with Crippen molar-refractivity contribution >= 4 is 28.7 Å². The fourth-order valence-electron chi connectivity index (χ4n) is 2.41. The summed E-state index contributed by atoms with van der Waals surface area (Å²) in [6.07, 6.45) is 0.975. The van der Waals surface area contributed by atoms with Crippen molar-refractivity contribution in [2.45, 2.75) is 45.2 Å². The molecule has 0 spiro atoms. The van der Waals surface area contributed by atoms with Crippen LogP contribution in [0.4, 0.5) is 0 Å². The van der Waals surface area contributed by atoms with Gasteiger partial charge in [-0.2, -0.15) is 0 Å². The van der Waals surface area contributed by atoms with Gasteiger partial charge < -0.3 is 0 Å². The van der Waals surface area contributed by atoms with Crippen molar-refractivity contribution in [1.29, 1.82) is 0 Å². The van der Waals surface area contributed by atoms with E-state index in [0.29, 0.717) is 11.3 Å². The van der Waals surface area contributed by atoms with E-state index in [-0.39, 0.29) is 0 Å². The molecule has 1 nitrogen and oxygen atoms in total. The van der Waals surface area contributed by atoms with Gasteiger partial charge in [-0.15, -0.1) is 0 Å². The first-order valence-corrected chi connectivity index (χ1v) is 9.99. The highest BCUT2D eigenvalue weighted by Gasteiger charge is 2.26. The average Bonchev–Trinajstić information content (AvgIpc) is 2.38. The highest BCUT2D eigenvalue weighted by molar-refractivity contribution is 8.14. The lowest BCUT2D eigenvalue weighted by molar-refractivity contribution is 0.986. The van der Waals surface area contributed by atoms with Crippen molar-refractivity contribution in [2.75, 3.05) is 0 Å². The number of benzene rings is 1. The number of hydrogen-bond acceptors (Lipinski definition) is 2. The maximum atomic E-state index is 6.03.